The Kier molecular flexibility index (Phi) is 4.65. The normalized spacial score (nSPS) is 10.5. The number of methoxy groups -OCH3 is 1. The van der Waals surface area contributed by atoms with Crippen molar-refractivity contribution in [1.29, 1.82) is 5.41 Å². The molecule has 5 heteroatoms. The van der Waals surface area contributed by atoms with Gasteiger partial charge in [-0.1, -0.05) is 18.6 Å². The van der Waals surface area contributed by atoms with Crippen LogP contribution in [0.4, 0.5) is 0 Å². The van der Waals surface area contributed by atoms with E-state index in [2.05, 4.69) is 0 Å². The summed E-state index contributed by atoms with van der Waals surface area (Å²) in [5, 5.41) is 7.53. The number of pyridine rings is 1. The Morgan fingerprint density at radius 2 is 2.05 bits per heavy atom. The monoisotopic (exact) mass is 299 g/mol. The van der Waals surface area contributed by atoms with Crippen LogP contribution in [0.5, 0.6) is 5.75 Å². The van der Waals surface area contributed by atoms with Gasteiger partial charge in [0, 0.05) is 12.1 Å². The fourth-order valence-corrected chi connectivity index (χ4v) is 2.49. The SMILES string of the molecule is CCCn1c(-c2cc(C)ccc2OC)ccc(C(=N)N)c1=O. The van der Waals surface area contributed by atoms with Gasteiger partial charge in [-0.05, 0) is 37.6 Å². The molecule has 1 heterocycles. The number of benzene rings is 1. The van der Waals surface area contributed by atoms with Crippen LogP contribution in [0.1, 0.15) is 24.5 Å². The Morgan fingerprint density at radius 1 is 1.32 bits per heavy atom. The van der Waals surface area contributed by atoms with Crippen LogP contribution < -0.4 is 16.0 Å². The molecule has 0 aliphatic carbocycles. The number of nitrogens with one attached hydrogen (secondary N) is 1. The molecule has 1 aromatic carbocycles. The van der Waals surface area contributed by atoms with Gasteiger partial charge in [-0.25, -0.2) is 0 Å². The molecule has 22 heavy (non-hydrogen) atoms. The highest BCUT2D eigenvalue weighted by atomic mass is 16.5. The van der Waals surface area contributed by atoms with Crippen molar-refractivity contribution in [2.45, 2.75) is 26.8 Å². The third-order valence-corrected chi connectivity index (χ3v) is 3.54. The molecule has 5 nitrogen and oxygen atoms in total. The van der Waals surface area contributed by atoms with Gasteiger partial charge in [0.15, 0.2) is 0 Å². The Balaban J connectivity index is 2.75. The van der Waals surface area contributed by atoms with Crippen LogP contribution in [0.15, 0.2) is 35.1 Å². The quantitative estimate of drug-likeness (QED) is 0.657. The highest BCUT2D eigenvalue weighted by molar-refractivity contribution is 5.94. The maximum absolute atomic E-state index is 12.6. The molecule has 0 saturated carbocycles. The van der Waals surface area contributed by atoms with Gasteiger partial charge in [-0.15, -0.1) is 0 Å². The maximum atomic E-state index is 12.6. The van der Waals surface area contributed by atoms with E-state index in [1.54, 1.807) is 17.7 Å². The van der Waals surface area contributed by atoms with Crippen LogP contribution in [-0.4, -0.2) is 17.5 Å². The van der Waals surface area contributed by atoms with Gasteiger partial charge in [0.1, 0.15) is 11.6 Å². The molecule has 0 fully saturated rings. The van der Waals surface area contributed by atoms with Gasteiger partial charge in [0.2, 0.25) is 0 Å². The number of rotatable bonds is 5. The molecule has 1 aromatic heterocycles. The average molecular weight is 299 g/mol. The Bertz CT molecular complexity index is 763. The summed E-state index contributed by atoms with van der Waals surface area (Å²) in [4.78, 5) is 12.6. The fraction of sp³-hybridized carbons (Fsp3) is 0.294. The minimum Gasteiger partial charge on any atom is -0.496 e. The van der Waals surface area contributed by atoms with Crippen molar-refractivity contribution in [1.82, 2.24) is 4.57 Å². The van der Waals surface area contributed by atoms with Gasteiger partial charge in [-0.2, -0.15) is 0 Å². The molecular formula is C17H21N3O2. The molecule has 0 spiro atoms. The van der Waals surface area contributed by atoms with Crippen LogP contribution in [0.2, 0.25) is 0 Å². The molecular weight excluding hydrogens is 278 g/mol. The first kappa shape index (κ1) is 15.8. The summed E-state index contributed by atoms with van der Waals surface area (Å²) >= 11 is 0. The molecule has 2 aromatic rings. The zero-order valence-corrected chi connectivity index (χ0v) is 13.1. The van der Waals surface area contributed by atoms with E-state index in [1.165, 1.54) is 0 Å². The van der Waals surface area contributed by atoms with Crippen LogP contribution in [0.25, 0.3) is 11.3 Å². The molecule has 0 aliphatic heterocycles. The number of nitrogens with two attached hydrogens (primary N) is 1. The van der Waals surface area contributed by atoms with E-state index < -0.39 is 0 Å². The molecule has 3 N–H and O–H groups in total. The minimum atomic E-state index is -0.240. The predicted molar refractivity (Wildman–Crippen MR) is 88.7 cm³/mol. The number of aryl methyl sites for hydroxylation is 1. The molecule has 0 aliphatic rings. The van der Waals surface area contributed by atoms with Gasteiger partial charge < -0.3 is 15.0 Å². The highest BCUT2D eigenvalue weighted by Gasteiger charge is 2.15. The van der Waals surface area contributed by atoms with Crippen LogP contribution in [0, 0.1) is 12.3 Å². The standard InChI is InChI=1S/C17H21N3O2/c1-4-9-20-14(7-6-12(16(18)19)17(20)21)13-10-11(2)5-8-15(13)22-3/h5-8,10H,4,9H2,1-3H3,(H3,18,19). The molecule has 0 radical (unpaired) electrons. The lowest BCUT2D eigenvalue weighted by Crippen LogP contribution is -2.30. The zero-order chi connectivity index (χ0) is 16.3. The van der Waals surface area contributed by atoms with Crippen LogP contribution in [0.3, 0.4) is 0 Å². The summed E-state index contributed by atoms with van der Waals surface area (Å²) in [6.45, 7) is 4.56. The first-order valence-corrected chi connectivity index (χ1v) is 7.22. The number of amidine groups is 1. The van der Waals surface area contributed by atoms with Gasteiger partial charge >= 0.3 is 0 Å². The van der Waals surface area contributed by atoms with Gasteiger partial charge in [0.05, 0.1) is 18.4 Å². The largest absolute Gasteiger partial charge is 0.496 e. The van der Waals surface area contributed by atoms with Crippen molar-refractivity contribution in [2.75, 3.05) is 7.11 Å². The molecule has 0 amide bonds. The summed E-state index contributed by atoms with van der Waals surface area (Å²) in [6, 6.07) is 9.28. The molecule has 2 rings (SSSR count). The molecule has 0 atom stereocenters. The zero-order valence-electron chi connectivity index (χ0n) is 13.1. The topological polar surface area (TPSA) is 81.1 Å². The minimum absolute atomic E-state index is 0.211. The summed E-state index contributed by atoms with van der Waals surface area (Å²) < 4.78 is 7.08. The van der Waals surface area contributed by atoms with E-state index in [4.69, 9.17) is 15.9 Å². The van der Waals surface area contributed by atoms with E-state index in [-0.39, 0.29) is 17.0 Å². The van der Waals surface area contributed by atoms with Crippen molar-refractivity contribution in [2.24, 2.45) is 5.73 Å². The van der Waals surface area contributed by atoms with Crippen molar-refractivity contribution in [3.05, 3.63) is 51.8 Å². The lowest BCUT2D eigenvalue weighted by Gasteiger charge is -2.16. The Labute approximate surface area is 129 Å². The molecule has 0 bridgehead atoms. The molecule has 0 unspecified atom stereocenters. The van der Waals surface area contributed by atoms with Crippen molar-refractivity contribution in [3.63, 3.8) is 0 Å². The van der Waals surface area contributed by atoms with Crippen LogP contribution >= 0.6 is 0 Å². The number of aromatic nitrogens is 1. The van der Waals surface area contributed by atoms with Gasteiger partial charge in [-0.3, -0.25) is 10.2 Å². The Hall–Kier alpha value is -2.56. The summed E-state index contributed by atoms with van der Waals surface area (Å²) in [7, 11) is 1.61. The van der Waals surface area contributed by atoms with E-state index in [0.717, 1.165) is 23.2 Å². The van der Waals surface area contributed by atoms with Crippen molar-refractivity contribution < 1.29 is 4.74 Å². The summed E-state index contributed by atoms with van der Waals surface area (Å²) in [5.41, 5.74) is 8.20. The average Bonchev–Trinajstić information content (AvgIpc) is 2.49. The second kappa shape index (κ2) is 6.47. The number of hydrogen-bond donors (Lipinski definition) is 2. The predicted octanol–water partition coefficient (Wildman–Crippen LogP) is 2.53. The Morgan fingerprint density at radius 3 is 2.64 bits per heavy atom. The van der Waals surface area contributed by atoms with Crippen LogP contribution in [-0.2, 0) is 6.54 Å². The number of hydrogen-bond acceptors (Lipinski definition) is 3. The number of nitrogen functional groups attached to an aromatic ring is 1. The van der Waals surface area contributed by atoms with E-state index in [1.807, 2.05) is 38.1 Å². The third kappa shape index (κ3) is 2.88. The first-order valence-electron chi connectivity index (χ1n) is 7.22. The highest BCUT2D eigenvalue weighted by Crippen LogP contribution is 2.30. The smallest absolute Gasteiger partial charge is 0.262 e. The fourth-order valence-electron chi connectivity index (χ4n) is 2.49. The molecule has 116 valence electrons. The lowest BCUT2D eigenvalue weighted by atomic mass is 10.0. The lowest BCUT2D eigenvalue weighted by molar-refractivity contribution is 0.416. The number of ether oxygens (including phenoxy) is 1. The summed E-state index contributed by atoms with van der Waals surface area (Å²) in [5.74, 6) is 0.503. The van der Waals surface area contributed by atoms with Crippen molar-refractivity contribution >= 4 is 5.84 Å². The first-order chi connectivity index (χ1) is 10.5. The van der Waals surface area contributed by atoms with E-state index >= 15 is 0 Å². The second-order valence-corrected chi connectivity index (χ2v) is 5.21. The second-order valence-electron chi connectivity index (χ2n) is 5.21. The maximum Gasteiger partial charge on any atom is 0.262 e. The number of nitrogens with zero attached hydrogens (tertiary/aromatic N) is 1. The summed E-state index contributed by atoms with van der Waals surface area (Å²) in [6.07, 6.45) is 0.808. The third-order valence-electron chi connectivity index (χ3n) is 3.54. The molecule has 0 saturated heterocycles. The van der Waals surface area contributed by atoms with E-state index in [0.29, 0.717) is 12.3 Å². The van der Waals surface area contributed by atoms with Gasteiger partial charge in [0.25, 0.3) is 5.56 Å². The van der Waals surface area contributed by atoms with Crippen molar-refractivity contribution in [3.8, 4) is 17.0 Å². The van der Waals surface area contributed by atoms with E-state index in [9.17, 15) is 4.79 Å².